The van der Waals surface area contributed by atoms with Crippen LogP contribution in [0.1, 0.15) is 38.5 Å². The maximum atomic E-state index is 13.1. The summed E-state index contributed by atoms with van der Waals surface area (Å²) in [5, 5.41) is 12.7. The first-order valence-electron chi connectivity index (χ1n) is 10.1. The van der Waals surface area contributed by atoms with Crippen molar-refractivity contribution in [1.29, 1.82) is 0 Å². The van der Waals surface area contributed by atoms with Gasteiger partial charge in [0.1, 0.15) is 0 Å². The van der Waals surface area contributed by atoms with Gasteiger partial charge >= 0.3 is 0 Å². The summed E-state index contributed by atoms with van der Waals surface area (Å²) in [4.78, 5) is 12.8. The van der Waals surface area contributed by atoms with Crippen molar-refractivity contribution in [3.05, 3.63) is 18.2 Å². The zero-order valence-electron chi connectivity index (χ0n) is 17.0. The van der Waals surface area contributed by atoms with Crippen LogP contribution in [0.4, 0.5) is 0 Å². The number of nitrogens with zero attached hydrogens (tertiary/aromatic N) is 1. The smallest absolute Gasteiger partial charge is 0.243 e. The minimum absolute atomic E-state index is 0.0590. The molecule has 1 aromatic rings. The van der Waals surface area contributed by atoms with E-state index in [1.807, 2.05) is 0 Å². The summed E-state index contributed by atoms with van der Waals surface area (Å²) in [7, 11) is -0.791. The van der Waals surface area contributed by atoms with Crippen LogP contribution < -0.4 is 14.8 Å². The zero-order valence-corrected chi connectivity index (χ0v) is 17.8. The molecule has 2 aliphatic rings. The van der Waals surface area contributed by atoms with Gasteiger partial charge < -0.3 is 19.9 Å². The molecule has 1 saturated heterocycles. The van der Waals surface area contributed by atoms with E-state index in [9.17, 15) is 18.3 Å². The van der Waals surface area contributed by atoms with Crippen LogP contribution in [-0.4, -0.2) is 63.2 Å². The molecule has 1 saturated carbocycles. The molecule has 0 radical (unpaired) electrons. The fourth-order valence-electron chi connectivity index (χ4n) is 4.04. The van der Waals surface area contributed by atoms with Crippen LogP contribution in [-0.2, 0) is 14.8 Å². The van der Waals surface area contributed by atoms with E-state index in [1.165, 1.54) is 30.7 Å². The Kier molecular flexibility index (Phi) is 7.02. The molecule has 3 rings (SSSR count). The Morgan fingerprint density at radius 3 is 2.45 bits per heavy atom. The van der Waals surface area contributed by atoms with Gasteiger partial charge in [-0.05, 0) is 50.7 Å². The van der Waals surface area contributed by atoms with Crippen molar-refractivity contribution in [2.24, 2.45) is 5.92 Å². The number of rotatable bonds is 6. The first-order valence-corrected chi connectivity index (χ1v) is 11.5. The summed E-state index contributed by atoms with van der Waals surface area (Å²) in [5.41, 5.74) is 0. The van der Waals surface area contributed by atoms with Crippen LogP contribution in [0.3, 0.4) is 0 Å². The Morgan fingerprint density at radius 2 is 1.79 bits per heavy atom. The lowest BCUT2D eigenvalue weighted by Gasteiger charge is -2.33. The lowest BCUT2D eigenvalue weighted by molar-refractivity contribution is -0.127. The number of aliphatic hydroxyl groups excluding tert-OH is 1. The van der Waals surface area contributed by atoms with E-state index in [0.29, 0.717) is 43.7 Å². The lowest BCUT2D eigenvalue weighted by Crippen LogP contribution is -2.48. The highest BCUT2D eigenvalue weighted by Gasteiger charge is 2.34. The van der Waals surface area contributed by atoms with E-state index in [1.54, 1.807) is 6.07 Å². The maximum absolute atomic E-state index is 13.1. The average molecular weight is 427 g/mol. The first-order chi connectivity index (χ1) is 13.8. The van der Waals surface area contributed by atoms with Gasteiger partial charge in [-0.3, -0.25) is 4.79 Å². The Morgan fingerprint density at radius 1 is 1.10 bits per heavy atom. The molecule has 1 atom stereocenters. The maximum Gasteiger partial charge on any atom is 0.243 e. The number of methoxy groups -OCH3 is 2. The van der Waals surface area contributed by atoms with Crippen LogP contribution >= 0.6 is 0 Å². The van der Waals surface area contributed by atoms with Gasteiger partial charge in [-0.25, -0.2) is 8.42 Å². The predicted octanol–water partition coefficient (Wildman–Crippen LogP) is 1.52. The lowest BCUT2D eigenvalue weighted by atomic mass is 9.92. The molecular formula is C20H30N2O6S. The quantitative estimate of drug-likeness (QED) is 0.715. The van der Waals surface area contributed by atoms with Crippen molar-refractivity contribution in [2.75, 3.05) is 27.3 Å². The number of hydrogen-bond donors (Lipinski definition) is 2. The monoisotopic (exact) mass is 426 g/mol. The van der Waals surface area contributed by atoms with Crippen molar-refractivity contribution in [1.82, 2.24) is 9.62 Å². The highest BCUT2D eigenvalue weighted by molar-refractivity contribution is 7.89. The number of benzene rings is 1. The van der Waals surface area contributed by atoms with Gasteiger partial charge in [0.05, 0.1) is 31.1 Å². The summed E-state index contributed by atoms with van der Waals surface area (Å²) in [5.74, 6) is 0.337. The second kappa shape index (κ2) is 9.32. The normalized spacial score (nSPS) is 26.0. The summed E-state index contributed by atoms with van der Waals surface area (Å²) >= 11 is 0. The summed E-state index contributed by atoms with van der Waals surface area (Å²) in [6.45, 7) is 0.550. The molecule has 1 heterocycles. The molecule has 1 aliphatic carbocycles. The Balaban J connectivity index is 1.68. The molecule has 0 spiro atoms. The van der Waals surface area contributed by atoms with Gasteiger partial charge in [0.15, 0.2) is 11.5 Å². The second-order valence-corrected chi connectivity index (χ2v) is 9.67. The molecule has 0 aromatic heterocycles. The number of amides is 1. The molecule has 2 fully saturated rings. The van der Waals surface area contributed by atoms with Crippen LogP contribution in [0.2, 0.25) is 0 Å². The van der Waals surface area contributed by atoms with E-state index in [4.69, 9.17) is 9.47 Å². The number of nitrogens with one attached hydrogen (secondary N) is 1. The third-order valence-corrected chi connectivity index (χ3v) is 7.65. The van der Waals surface area contributed by atoms with Gasteiger partial charge in [0.2, 0.25) is 15.9 Å². The zero-order chi connectivity index (χ0) is 21.0. The van der Waals surface area contributed by atoms with Crippen molar-refractivity contribution in [3.63, 3.8) is 0 Å². The van der Waals surface area contributed by atoms with Crippen LogP contribution in [0.25, 0.3) is 0 Å². The summed E-state index contributed by atoms with van der Waals surface area (Å²) < 4.78 is 38.0. The first kappa shape index (κ1) is 21.9. The molecule has 8 nitrogen and oxygen atoms in total. The van der Waals surface area contributed by atoms with Gasteiger partial charge in [-0.15, -0.1) is 0 Å². The van der Waals surface area contributed by atoms with Gasteiger partial charge in [0, 0.05) is 25.2 Å². The number of piperidine rings is 1. The van der Waals surface area contributed by atoms with Crippen molar-refractivity contribution >= 4 is 15.9 Å². The largest absolute Gasteiger partial charge is 0.493 e. The molecule has 1 unspecified atom stereocenters. The van der Waals surface area contributed by atoms with E-state index < -0.39 is 10.0 Å². The van der Waals surface area contributed by atoms with Crippen molar-refractivity contribution < 1.29 is 27.8 Å². The van der Waals surface area contributed by atoms with E-state index in [-0.39, 0.29) is 35.4 Å². The van der Waals surface area contributed by atoms with Crippen LogP contribution in [0.5, 0.6) is 11.5 Å². The SMILES string of the molecule is COc1ccc(S(=O)(=O)N2CCCC(C(=O)NC3CCC(O)CC3)C2)cc1OC. The third kappa shape index (κ3) is 5.02. The highest BCUT2D eigenvalue weighted by atomic mass is 32.2. The number of hydrogen-bond acceptors (Lipinski definition) is 6. The number of aliphatic hydroxyl groups is 1. The van der Waals surface area contributed by atoms with Crippen molar-refractivity contribution in [2.45, 2.75) is 55.6 Å². The van der Waals surface area contributed by atoms with Crippen molar-refractivity contribution in [3.8, 4) is 11.5 Å². The van der Waals surface area contributed by atoms with Gasteiger partial charge in [-0.1, -0.05) is 0 Å². The predicted molar refractivity (Wildman–Crippen MR) is 107 cm³/mol. The molecule has 9 heteroatoms. The molecule has 1 amide bonds. The Labute approximate surface area is 172 Å². The van der Waals surface area contributed by atoms with Crippen LogP contribution in [0.15, 0.2) is 23.1 Å². The van der Waals surface area contributed by atoms with Gasteiger partial charge in [0.25, 0.3) is 0 Å². The highest BCUT2D eigenvalue weighted by Crippen LogP contribution is 2.32. The number of sulfonamides is 1. The van der Waals surface area contributed by atoms with E-state index in [2.05, 4.69) is 5.32 Å². The standard InChI is InChI=1S/C20H30N2O6S/c1-27-18-10-9-17(12-19(18)28-2)29(25,26)22-11-3-4-14(13-22)20(24)21-15-5-7-16(23)8-6-15/h9-10,12,14-16,23H,3-8,11,13H2,1-2H3,(H,21,24). The van der Waals surface area contributed by atoms with Crippen LogP contribution in [0, 0.1) is 5.92 Å². The number of ether oxygens (including phenoxy) is 2. The second-order valence-electron chi connectivity index (χ2n) is 7.73. The Hall–Kier alpha value is -1.84. The molecule has 162 valence electrons. The number of carbonyl (C=O) groups is 1. The molecule has 29 heavy (non-hydrogen) atoms. The average Bonchev–Trinajstić information content (AvgIpc) is 2.74. The minimum Gasteiger partial charge on any atom is -0.493 e. The molecular weight excluding hydrogens is 396 g/mol. The molecule has 1 aromatic carbocycles. The summed E-state index contributed by atoms with van der Waals surface area (Å²) in [6.07, 6.45) is 3.92. The number of carbonyl (C=O) groups excluding carboxylic acids is 1. The third-order valence-electron chi connectivity index (χ3n) is 5.79. The Bertz CT molecular complexity index is 820. The molecule has 0 bridgehead atoms. The topological polar surface area (TPSA) is 105 Å². The molecule has 2 N–H and O–H groups in total. The fraction of sp³-hybridized carbons (Fsp3) is 0.650. The van der Waals surface area contributed by atoms with E-state index >= 15 is 0 Å². The fourth-order valence-corrected chi connectivity index (χ4v) is 5.58. The van der Waals surface area contributed by atoms with Gasteiger partial charge in [-0.2, -0.15) is 4.31 Å². The summed E-state index contributed by atoms with van der Waals surface area (Å²) in [6, 6.07) is 4.57. The van der Waals surface area contributed by atoms with E-state index in [0.717, 1.165) is 12.8 Å². The minimum atomic E-state index is -3.74. The molecule has 1 aliphatic heterocycles.